The van der Waals surface area contributed by atoms with Crippen molar-refractivity contribution >= 4 is 0 Å². The van der Waals surface area contributed by atoms with Gasteiger partial charge in [-0.05, 0) is 6.92 Å². The van der Waals surface area contributed by atoms with E-state index in [2.05, 4.69) is 4.90 Å². The predicted octanol–water partition coefficient (Wildman–Crippen LogP) is 0.00390. The smallest absolute Gasteiger partial charge is 0.102 e. The van der Waals surface area contributed by atoms with E-state index < -0.39 is 0 Å². The summed E-state index contributed by atoms with van der Waals surface area (Å²) < 4.78 is 17.5. The predicted molar refractivity (Wildman–Crippen MR) is 45.8 cm³/mol. The topological polar surface area (TPSA) is 38.5 Å². The molecule has 0 amide bonds. The average molecular weight is 176 g/mol. The Morgan fingerprint density at radius 1 is 1.58 bits per heavy atom. The molecule has 0 saturated carbocycles. The van der Waals surface area contributed by atoms with Gasteiger partial charge >= 0.3 is 0 Å². The Morgan fingerprint density at radius 3 is 2.92 bits per heavy atom. The van der Waals surface area contributed by atoms with Gasteiger partial charge in [0.1, 0.15) is 6.67 Å². The number of morpholine rings is 1. The minimum Gasteiger partial charge on any atom is -0.371 e. The van der Waals surface area contributed by atoms with E-state index >= 15 is 0 Å². The average Bonchev–Trinajstić information content (AvgIpc) is 2.04. The summed E-state index contributed by atoms with van der Waals surface area (Å²) in [5, 5.41) is 0. The van der Waals surface area contributed by atoms with Gasteiger partial charge in [0.2, 0.25) is 0 Å². The lowest BCUT2D eigenvalue weighted by Crippen LogP contribution is -2.49. The molecule has 0 aromatic heterocycles. The van der Waals surface area contributed by atoms with E-state index in [0.29, 0.717) is 13.1 Å². The van der Waals surface area contributed by atoms with Gasteiger partial charge in [0, 0.05) is 26.2 Å². The van der Waals surface area contributed by atoms with E-state index in [1.807, 2.05) is 6.92 Å². The molecular formula is C8H17FN2O. The lowest BCUT2D eigenvalue weighted by molar-refractivity contribution is -0.0728. The fourth-order valence-electron chi connectivity index (χ4n) is 1.57. The Hall–Kier alpha value is -0.190. The second kappa shape index (κ2) is 4.74. The Kier molecular flexibility index (Phi) is 3.91. The zero-order valence-electron chi connectivity index (χ0n) is 7.50. The summed E-state index contributed by atoms with van der Waals surface area (Å²) in [5.74, 6) is 0. The Balaban J connectivity index is 2.34. The van der Waals surface area contributed by atoms with Gasteiger partial charge in [-0.3, -0.25) is 4.90 Å². The molecule has 1 saturated heterocycles. The van der Waals surface area contributed by atoms with Crippen LogP contribution in [0.4, 0.5) is 4.39 Å². The molecule has 0 bridgehead atoms. The first-order chi connectivity index (χ1) is 5.76. The van der Waals surface area contributed by atoms with Crippen molar-refractivity contribution in [1.29, 1.82) is 0 Å². The molecule has 3 nitrogen and oxygen atoms in total. The maximum absolute atomic E-state index is 12.0. The van der Waals surface area contributed by atoms with Gasteiger partial charge in [-0.1, -0.05) is 0 Å². The maximum atomic E-state index is 12.0. The summed E-state index contributed by atoms with van der Waals surface area (Å²) in [7, 11) is 0. The van der Waals surface area contributed by atoms with E-state index in [1.165, 1.54) is 0 Å². The van der Waals surface area contributed by atoms with Gasteiger partial charge in [0.05, 0.1) is 12.2 Å². The van der Waals surface area contributed by atoms with Gasteiger partial charge in [-0.25, -0.2) is 4.39 Å². The Bertz CT molecular complexity index is 134. The lowest BCUT2D eigenvalue weighted by Gasteiger charge is -2.35. The number of hydrogen-bond acceptors (Lipinski definition) is 3. The molecule has 2 unspecified atom stereocenters. The van der Waals surface area contributed by atoms with E-state index in [0.717, 1.165) is 13.1 Å². The highest BCUT2D eigenvalue weighted by Gasteiger charge is 2.23. The summed E-state index contributed by atoms with van der Waals surface area (Å²) in [6.07, 6.45) is 0.263. The van der Waals surface area contributed by atoms with Crippen molar-refractivity contribution in [2.75, 3.05) is 32.9 Å². The van der Waals surface area contributed by atoms with Gasteiger partial charge in [0.25, 0.3) is 0 Å². The van der Waals surface area contributed by atoms with Crippen LogP contribution in [0, 0.1) is 0 Å². The van der Waals surface area contributed by atoms with Crippen LogP contribution < -0.4 is 5.73 Å². The van der Waals surface area contributed by atoms with Crippen molar-refractivity contribution in [3.05, 3.63) is 0 Å². The zero-order valence-corrected chi connectivity index (χ0v) is 7.50. The number of nitrogens with two attached hydrogens (primary N) is 1. The first-order valence-corrected chi connectivity index (χ1v) is 4.40. The van der Waals surface area contributed by atoms with Crippen molar-refractivity contribution in [1.82, 2.24) is 4.90 Å². The van der Waals surface area contributed by atoms with Crippen molar-refractivity contribution in [3.8, 4) is 0 Å². The van der Waals surface area contributed by atoms with Crippen molar-refractivity contribution in [3.63, 3.8) is 0 Å². The molecule has 1 aliphatic rings. The van der Waals surface area contributed by atoms with Crippen LogP contribution in [-0.4, -0.2) is 50.0 Å². The molecule has 0 spiro atoms. The van der Waals surface area contributed by atoms with Gasteiger partial charge in [0.15, 0.2) is 0 Å². The normalized spacial score (nSPS) is 32.2. The number of ether oxygens (including phenoxy) is 1. The minimum atomic E-state index is -0.288. The number of nitrogens with zero attached hydrogens (tertiary/aromatic N) is 1. The van der Waals surface area contributed by atoms with Crippen LogP contribution in [0.1, 0.15) is 6.92 Å². The van der Waals surface area contributed by atoms with Crippen molar-refractivity contribution < 1.29 is 9.13 Å². The quantitative estimate of drug-likeness (QED) is 0.658. The number of hydrogen-bond donors (Lipinski definition) is 1. The molecule has 4 heteroatoms. The fraction of sp³-hybridized carbons (Fsp3) is 1.00. The number of halogens is 1. The first kappa shape index (κ1) is 9.89. The van der Waals surface area contributed by atoms with Crippen LogP contribution >= 0.6 is 0 Å². The second-order valence-electron chi connectivity index (χ2n) is 3.25. The van der Waals surface area contributed by atoms with Crippen LogP contribution in [0.25, 0.3) is 0 Å². The molecular weight excluding hydrogens is 159 g/mol. The molecule has 0 aromatic carbocycles. The molecule has 2 N–H and O–H groups in total. The lowest BCUT2D eigenvalue weighted by atomic mass is 10.2. The van der Waals surface area contributed by atoms with Crippen LogP contribution in [0.5, 0.6) is 0 Å². The van der Waals surface area contributed by atoms with Crippen molar-refractivity contribution in [2.24, 2.45) is 5.73 Å². The van der Waals surface area contributed by atoms with E-state index in [1.54, 1.807) is 0 Å². The third kappa shape index (κ3) is 2.69. The SMILES string of the molecule is CC1CN(CCF)CC(CN)O1. The van der Waals surface area contributed by atoms with E-state index in [9.17, 15) is 4.39 Å². The molecule has 1 heterocycles. The van der Waals surface area contributed by atoms with Crippen LogP contribution in [0.3, 0.4) is 0 Å². The molecule has 0 radical (unpaired) electrons. The molecule has 0 aromatic rings. The maximum Gasteiger partial charge on any atom is 0.102 e. The van der Waals surface area contributed by atoms with Gasteiger partial charge < -0.3 is 10.5 Å². The van der Waals surface area contributed by atoms with Gasteiger partial charge in [-0.2, -0.15) is 0 Å². The summed E-state index contributed by atoms with van der Waals surface area (Å²) in [6.45, 7) is 4.32. The van der Waals surface area contributed by atoms with Gasteiger partial charge in [-0.15, -0.1) is 0 Å². The highest BCUT2D eigenvalue weighted by molar-refractivity contribution is 4.75. The van der Waals surface area contributed by atoms with Crippen LogP contribution in [0.2, 0.25) is 0 Å². The summed E-state index contributed by atoms with van der Waals surface area (Å²) in [6, 6.07) is 0. The molecule has 72 valence electrons. The molecule has 12 heavy (non-hydrogen) atoms. The molecule has 1 aliphatic heterocycles. The molecule has 1 rings (SSSR count). The monoisotopic (exact) mass is 176 g/mol. The summed E-state index contributed by atoms with van der Waals surface area (Å²) >= 11 is 0. The zero-order chi connectivity index (χ0) is 8.97. The summed E-state index contributed by atoms with van der Waals surface area (Å²) in [4.78, 5) is 2.06. The first-order valence-electron chi connectivity index (χ1n) is 4.40. The Labute approximate surface area is 72.7 Å². The molecule has 1 fully saturated rings. The summed E-state index contributed by atoms with van der Waals surface area (Å²) in [5.41, 5.74) is 5.48. The largest absolute Gasteiger partial charge is 0.371 e. The van der Waals surface area contributed by atoms with Crippen molar-refractivity contribution in [2.45, 2.75) is 19.1 Å². The highest BCUT2D eigenvalue weighted by atomic mass is 19.1. The van der Waals surface area contributed by atoms with Crippen LogP contribution in [-0.2, 0) is 4.74 Å². The number of rotatable bonds is 3. The standard InChI is InChI=1S/C8H17FN2O/c1-7-5-11(3-2-9)6-8(4-10)12-7/h7-8H,2-6,10H2,1H3. The van der Waals surface area contributed by atoms with Crippen LogP contribution in [0.15, 0.2) is 0 Å². The second-order valence-corrected chi connectivity index (χ2v) is 3.25. The third-order valence-corrected chi connectivity index (χ3v) is 2.07. The molecule has 0 aliphatic carbocycles. The third-order valence-electron chi connectivity index (χ3n) is 2.07. The number of alkyl halides is 1. The van der Waals surface area contributed by atoms with E-state index in [4.69, 9.17) is 10.5 Å². The Morgan fingerprint density at radius 2 is 2.33 bits per heavy atom. The highest BCUT2D eigenvalue weighted by Crippen LogP contribution is 2.09. The minimum absolute atomic E-state index is 0.0836. The van der Waals surface area contributed by atoms with E-state index in [-0.39, 0.29) is 18.9 Å². The fourth-order valence-corrected chi connectivity index (χ4v) is 1.57. The molecule has 2 atom stereocenters.